The molecule has 0 unspecified atom stereocenters. The number of nitrogens with one attached hydrogen (secondary N) is 1. The van der Waals surface area contributed by atoms with Crippen molar-refractivity contribution in [2.45, 2.75) is 6.92 Å². The standard InChI is InChI=1S/C13H11NO4/c1-8-9(6-7-18-8)12(16)14-13(17)10-4-2-3-5-11(10)15/h2-7,15H,1H3,(H,14,16,17). The first-order chi connectivity index (χ1) is 8.59. The van der Waals surface area contributed by atoms with Crippen LogP contribution < -0.4 is 5.32 Å². The number of furan rings is 1. The van der Waals surface area contributed by atoms with Crippen LogP contribution >= 0.6 is 0 Å². The third-order valence-corrected chi connectivity index (χ3v) is 2.48. The highest BCUT2D eigenvalue weighted by Crippen LogP contribution is 2.15. The lowest BCUT2D eigenvalue weighted by Gasteiger charge is -2.04. The molecular weight excluding hydrogens is 234 g/mol. The van der Waals surface area contributed by atoms with E-state index in [1.165, 1.54) is 24.5 Å². The molecule has 1 heterocycles. The molecule has 2 amide bonds. The molecule has 0 saturated heterocycles. The first-order valence-corrected chi connectivity index (χ1v) is 5.27. The number of rotatable bonds is 2. The van der Waals surface area contributed by atoms with E-state index in [9.17, 15) is 14.7 Å². The molecule has 0 bridgehead atoms. The van der Waals surface area contributed by atoms with Gasteiger partial charge in [0, 0.05) is 0 Å². The molecule has 2 N–H and O–H groups in total. The maximum Gasteiger partial charge on any atom is 0.261 e. The van der Waals surface area contributed by atoms with Crippen LogP contribution in [0.5, 0.6) is 5.75 Å². The van der Waals surface area contributed by atoms with E-state index in [4.69, 9.17) is 4.42 Å². The number of aryl methyl sites for hydroxylation is 1. The van der Waals surface area contributed by atoms with Gasteiger partial charge >= 0.3 is 0 Å². The normalized spacial score (nSPS) is 10.1. The van der Waals surface area contributed by atoms with Gasteiger partial charge < -0.3 is 9.52 Å². The van der Waals surface area contributed by atoms with E-state index in [0.29, 0.717) is 11.3 Å². The maximum absolute atomic E-state index is 11.8. The molecule has 0 aliphatic heterocycles. The molecule has 0 radical (unpaired) electrons. The molecule has 5 nitrogen and oxygen atoms in total. The molecule has 0 fully saturated rings. The Morgan fingerprint density at radius 3 is 2.39 bits per heavy atom. The first-order valence-electron chi connectivity index (χ1n) is 5.27. The second kappa shape index (κ2) is 4.75. The molecule has 0 aliphatic rings. The van der Waals surface area contributed by atoms with Crippen LogP contribution in [0, 0.1) is 6.92 Å². The van der Waals surface area contributed by atoms with Gasteiger partial charge in [0.15, 0.2) is 0 Å². The van der Waals surface area contributed by atoms with Crippen molar-refractivity contribution in [2.24, 2.45) is 0 Å². The fourth-order valence-corrected chi connectivity index (χ4v) is 1.52. The summed E-state index contributed by atoms with van der Waals surface area (Å²) in [5, 5.41) is 11.7. The molecule has 2 aromatic rings. The van der Waals surface area contributed by atoms with Crippen molar-refractivity contribution in [1.29, 1.82) is 0 Å². The van der Waals surface area contributed by atoms with Gasteiger partial charge in [-0.2, -0.15) is 0 Å². The lowest BCUT2D eigenvalue weighted by Crippen LogP contribution is -2.30. The van der Waals surface area contributed by atoms with Crippen LogP contribution in [-0.4, -0.2) is 16.9 Å². The highest BCUT2D eigenvalue weighted by molar-refractivity contribution is 6.11. The topological polar surface area (TPSA) is 79.5 Å². The Bertz CT molecular complexity index is 601. The summed E-state index contributed by atoms with van der Waals surface area (Å²) in [5.41, 5.74) is 0.339. The minimum Gasteiger partial charge on any atom is -0.507 e. The summed E-state index contributed by atoms with van der Waals surface area (Å²) in [5.74, 6) is -0.961. The zero-order chi connectivity index (χ0) is 13.1. The van der Waals surface area contributed by atoms with Crippen molar-refractivity contribution in [2.75, 3.05) is 0 Å². The number of hydrogen-bond donors (Lipinski definition) is 2. The highest BCUT2D eigenvalue weighted by atomic mass is 16.3. The van der Waals surface area contributed by atoms with Crippen LogP contribution in [0.15, 0.2) is 41.0 Å². The number of phenolic OH excluding ortho intramolecular Hbond substituents is 1. The largest absolute Gasteiger partial charge is 0.507 e. The minimum atomic E-state index is -0.654. The van der Waals surface area contributed by atoms with Gasteiger partial charge in [0.05, 0.1) is 17.4 Å². The molecule has 2 rings (SSSR count). The third-order valence-electron chi connectivity index (χ3n) is 2.48. The van der Waals surface area contributed by atoms with Gasteiger partial charge in [-0.15, -0.1) is 0 Å². The number of carbonyl (C=O) groups excluding carboxylic acids is 2. The van der Waals surface area contributed by atoms with Gasteiger partial charge in [0.2, 0.25) is 0 Å². The Morgan fingerprint density at radius 1 is 1.11 bits per heavy atom. The maximum atomic E-state index is 11.8. The van der Waals surface area contributed by atoms with Gasteiger partial charge in [-0.25, -0.2) is 0 Å². The number of carbonyl (C=O) groups is 2. The molecule has 5 heteroatoms. The Kier molecular flexibility index (Phi) is 3.14. The Morgan fingerprint density at radius 2 is 1.78 bits per heavy atom. The molecule has 18 heavy (non-hydrogen) atoms. The van der Waals surface area contributed by atoms with E-state index in [1.807, 2.05) is 0 Å². The monoisotopic (exact) mass is 245 g/mol. The number of hydrogen-bond acceptors (Lipinski definition) is 4. The summed E-state index contributed by atoms with van der Waals surface area (Å²) in [6.07, 6.45) is 1.37. The summed E-state index contributed by atoms with van der Waals surface area (Å²) >= 11 is 0. The van der Waals surface area contributed by atoms with Crippen molar-refractivity contribution in [3.63, 3.8) is 0 Å². The van der Waals surface area contributed by atoms with E-state index in [2.05, 4.69) is 5.32 Å². The van der Waals surface area contributed by atoms with E-state index in [-0.39, 0.29) is 11.3 Å². The van der Waals surface area contributed by atoms with E-state index in [0.717, 1.165) is 0 Å². The van der Waals surface area contributed by atoms with Gasteiger partial charge in [-0.1, -0.05) is 12.1 Å². The van der Waals surface area contributed by atoms with Gasteiger partial charge in [0.1, 0.15) is 11.5 Å². The van der Waals surface area contributed by atoms with Crippen LogP contribution in [-0.2, 0) is 0 Å². The van der Waals surface area contributed by atoms with Crippen LogP contribution in [0.1, 0.15) is 26.5 Å². The third kappa shape index (κ3) is 2.24. The van der Waals surface area contributed by atoms with Crippen LogP contribution in [0.3, 0.4) is 0 Å². The highest BCUT2D eigenvalue weighted by Gasteiger charge is 2.17. The smallest absolute Gasteiger partial charge is 0.261 e. The fourth-order valence-electron chi connectivity index (χ4n) is 1.52. The average Bonchev–Trinajstić information content (AvgIpc) is 2.76. The van der Waals surface area contributed by atoms with Crippen molar-refractivity contribution >= 4 is 11.8 Å². The fraction of sp³-hybridized carbons (Fsp3) is 0.0769. The Balaban J connectivity index is 2.16. The Hall–Kier alpha value is -2.56. The summed E-state index contributed by atoms with van der Waals surface area (Å²) in [4.78, 5) is 23.5. The quantitative estimate of drug-likeness (QED) is 0.791. The van der Waals surface area contributed by atoms with Crippen molar-refractivity contribution in [3.05, 3.63) is 53.5 Å². The molecule has 1 aromatic carbocycles. The summed E-state index contributed by atoms with van der Waals surface area (Å²) in [6.45, 7) is 1.62. The number of aromatic hydroxyl groups is 1. The van der Waals surface area contributed by atoms with E-state index >= 15 is 0 Å². The van der Waals surface area contributed by atoms with Gasteiger partial charge in [0.25, 0.3) is 11.8 Å². The van der Waals surface area contributed by atoms with Crippen LogP contribution in [0.25, 0.3) is 0 Å². The first kappa shape index (κ1) is 11.9. The lowest BCUT2D eigenvalue weighted by molar-refractivity contribution is 0.0847. The van der Waals surface area contributed by atoms with Crippen LogP contribution in [0.4, 0.5) is 0 Å². The van der Waals surface area contributed by atoms with Crippen molar-refractivity contribution in [1.82, 2.24) is 5.32 Å². The van der Waals surface area contributed by atoms with Crippen molar-refractivity contribution < 1.29 is 19.1 Å². The van der Waals surface area contributed by atoms with E-state index < -0.39 is 11.8 Å². The van der Waals surface area contributed by atoms with Gasteiger partial charge in [-0.05, 0) is 25.1 Å². The molecule has 0 atom stereocenters. The summed E-state index contributed by atoms with van der Waals surface area (Å²) < 4.78 is 4.98. The molecule has 92 valence electrons. The lowest BCUT2D eigenvalue weighted by atomic mass is 10.2. The molecule has 1 aromatic heterocycles. The number of amides is 2. The summed E-state index contributed by atoms with van der Waals surface area (Å²) in [7, 11) is 0. The second-order valence-corrected chi connectivity index (χ2v) is 3.69. The number of imide groups is 1. The van der Waals surface area contributed by atoms with Gasteiger partial charge in [-0.3, -0.25) is 14.9 Å². The SMILES string of the molecule is Cc1occc1C(=O)NC(=O)c1ccccc1O. The van der Waals surface area contributed by atoms with Crippen molar-refractivity contribution in [3.8, 4) is 5.75 Å². The average molecular weight is 245 g/mol. The second-order valence-electron chi connectivity index (χ2n) is 3.69. The number of benzene rings is 1. The predicted molar refractivity (Wildman–Crippen MR) is 63.3 cm³/mol. The molecule has 0 spiro atoms. The molecular formula is C13H11NO4. The van der Waals surface area contributed by atoms with E-state index in [1.54, 1.807) is 19.1 Å². The zero-order valence-electron chi connectivity index (χ0n) is 9.64. The predicted octanol–water partition coefficient (Wildman–Crippen LogP) is 1.86. The summed E-state index contributed by atoms with van der Waals surface area (Å²) in [6, 6.07) is 7.47. The van der Waals surface area contributed by atoms with Crippen LogP contribution in [0.2, 0.25) is 0 Å². The Labute approximate surface area is 103 Å². The minimum absolute atomic E-state index is 0.0481. The number of para-hydroxylation sites is 1. The zero-order valence-corrected chi connectivity index (χ0v) is 9.64. The number of phenols is 1. The molecule has 0 saturated carbocycles. The molecule has 0 aliphatic carbocycles.